The van der Waals surface area contributed by atoms with E-state index in [1.54, 1.807) is 11.3 Å². The fourth-order valence-corrected chi connectivity index (χ4v) is 3.97. The summed E-state index contributed by atoms with van der Waals surface area (Å²) >= 11 is 1.62. The van der Waals surface area contributed by atoms with Crippen LogP contribution in [0.25, 0.3) is 10.8 Å². The summed E-state index contributed by atoms with van der Waals surface area (Å²) in [6.45, 7) is 1.52. The van der Waals surface area contributed by atoms with Crippen LogP contribution in [-0.4, -0.2) is 21.7 Å². The van der Waals surface area contributed by atoms with Crippen LogP contribution in [0.3, 0.4) is 0 Å². The van der Waals surface area contributed by atoms with Crippen LogP contribution in [-0.2, 0) is 4.79 Å². The molecule has 1 aliphatic rings. The molecule has 0 bridgehead atoms. The van der Waals surface area contributed by atoms with Gasteiger partial charge in [-0.15, -0.1) is 11.3 Å². The van der Waals surface area contributed by atoms with Gasteiger partial charge < -0.3 is 5.11 Å². The zero-order chi connectivity index (χ0) is 16.7. The Hall–Kier alpha value is -2.66. The third-order valence-corrected chi connectivity index (χ3v) is 5.29. The fraction of sp³-hybridized carbons (Fsp3) is 0.158. The number of phenols is 1. The van der Waals surface area contributed by atoms with Crippen molar-refractivity contribution in [2.45, 2.75) is 19.4 Å². The topological polar surface area (TPSA) is 52.9 Å². The minimum atomic E-state index is -0.0941. The number of hydrazone groups is 1. The molecule has 1 amide bonds. The Morgan fingerprint density at radius 2 is 2.04 bits per heavy atom. The number of rotatable bonds is 2. The molecule has 0 radical (unpaired) electrons. The second-order valence-electron chi connectivity index (χ2n) is 5.83. The lowest BCUT2D eigenvalue weighted by atomic mass is 9.98. The molecule has 3 aromatic rings. The smallest absolute Gasteiger partial charge is 0.240 e. The maximum Gasteiger partial charge on any atom is 0.240 e. The third kappa shape index (κ3) is 2.37. The summed E-state index contributed by atoms with van der Waals surface area (Å²) in [4.78, 5) is 13.1. The van der Waals surface area contributed by atoms with Crippen LogP contribution >= 0.6 is 11.3 Å². The van der Waals surface area contributed by atoms with E-state index in [0.717, 1.165) is 21.4 Å². The molecule has 24 heavy (non-hydrogen) atoms. The Bertz CT molecular complexity index is 947. The summed E-state index contributed by atoms with van der Waals surface area (Å²) in [5.74, 6) is 0.130. The van der Waals surface area contributed by atoms with Gasteiger partial charge in [0.1, 0.15) is 5.75 Å². The standard InChI is InChI=1S/C19H16N2O2S/c1-12(22)21-17(18-7-4-10-24-18)11-16(20-21)15-9-8-13-5-2-3-6-14(13)19(15)23/h2-10,17,23H,11H2,1H3/t17-/m1/s1. The number of nitrogens with zero attached hydrogens (tertiary/aromatic N) is 2. The van der Waals surface area contributed by atoms with Crippen LogP contribution in [0.2, 0.25) is 0 Å². The van der Waals surface area contributed by atoms with E-state index in [0.29, 0.717) is 12.0 Å². The van der Waals surface area contributed by atoms with Gasteiger partial charge in [-0.3, -0.25) is 4.79 Å². The molecule has 1 aromatic heterocycles. The van der Waals surface area contributed by atoms with E-state index in [9.17, 15) is 9.90 Å². The second kappa shape index (κ2) is 5.76. The van der Waals surface area contributed by atoms with Crippen molar-refractivity contribution >= 4 is 33.7 Å². The van der Waals surface area contributed by atoms with Crippen molar-refractivity contribution in [3.05, 3.63) is 64.4 Å². The fourth-order valence-electron chi connectivity index (χ4n) is 3.15. The summed E-state index contributed by atoms with van der Waals surface area (Å²) < 4.78 is 0. The summed E-state index contributed by atoms with van der Waals surface area (Å²) in [5, 5.41) is 20.5. The highest BCUT2D eigenvalue weighted by molar-refractivity contribution is 7.10. The SMILES string of the molecule is CC(=O)N1N=C(c2ccc3ccccc3c2O)C[C@@H]1c1cccs1. The minimum Gasteiger partial charge on any atom is -0.507 e. The molecule has 1 aliphatic heterocycles. The van der Waals surface area contributed by atoms with Gasteiger partial charge in [0.2, 0.25) is 5.91 Å². The number of carbonyl (C=O) groups excluding carboxylic acids is 1. The lowest BCUT2D eigenvalue weighted by molar-refractivity contribution is -0.130. The number of hydrogen-bond acceptors (Lipinski definition) is 4. The zero-order valence-corrected chi connectivity index (χ0v) is 14.0. The molecule has 1 N–H and O–H groups in total. The third-order valence-electron chi connectivity index (χ3n) is 4.32. The summed E-state index contributed by atoms with van der Waals surface area (Å²) in [7, 11) is 0. The van der Waals surface area contributed by atoms with Gasteiger partial charge in [0.05, 0.1) is 11.8 Å². The average Bonchev–Trinajstić information content (AvgIpc) is 3.24. The van der Waals surface area contributed by atoms with E-state index >= 15 is 0 Å². The normalized spacial score (nSPS) is 17.3. The monoisotopic (exact) mass is 336 g/mol. The number of carbonyl (C=O) groups is 1. The van der Waals surface area contributed by atoms with Crippen molar-refractivity contribution in [2.24, 2.45) is 5.10 Å². The van der Waals surface area contributed by atoms with Crippen LogP contribution in [0.4, 0.5) is 0 Å². The molecule has 2 aromatic carbocycles. The maximum absolute atomic E-state index is 12.0. The second-order valence-corrected chi connectivity index (χ2v) is 6.81. The number of hydrogen-bond donors (Lipinski definition) is 1. The number of amides is 1. The Balaban J connectivity index is 1.78. The molecule has 0 spiro atoms. The number of benzene rings is 2. The highest BCUT2D eigenvalue weighted by Crippen LogP contribution is 2.38. The van der Waals surface area contributed by atoms with E-state index in [4.69, 9.17) is 0 Å². The van der Waals surface area contributed by atoms with Gasteiger partial charge in [0, 0.05) is 29.2 Å². The molecule has 0 saturated carbocycles. The Morgan fingerprint density at radius 3 is 2.79 bits per heavy atom. The summed E-state index contributed by atoms with van der Waals surface area (Å²) in [5.41, 5.74) is 1.44. The summed E-state index contributed by atoms with van der Waals surface area (Å²) in [6.07, 6.45) is 0.603. The first-order valence-corrected chi connectivity index (χ1v) is 8.65. The van der Waals surface area contributed by atoms with Gasteiger partial charge in [-0.2, -0.15) is 5.10 Å². The Morgan fingerprint density at radius 1 is 1.21 bits per heavy atom. The number of thiophene rings is 1. The largest absolute Gasteiger partial charge is 0.507 e. The van der Waals surface area contributed by atoms with E-state index in [-0.39, 0.29) is 17.7 Å². The Kier molecular flexibility index (Phi) is 3.58. The van der Waals surface area contributed by atoms with Gasteiger partial charge in [-0.1, -0.05) is 36.4 Å². The molecule has 0 fully saturated rings. The van der Waals surface area contributed by atoms with Crippen molar-refractivity contribution in [3.63, 3.8) is 0 Å². The molecule has 4 nitrogen and oxygen atoms in total. The predicted octanol–water partition coefficient (Wildman–Crippen LogP) is 4.30. The first-order valence-electron chi connectivity index (χ1n) is 7.77. The van der Waals surface area contributed by atoms with E-state index in [2.05, 4.69) is 5.10 Å². The number of aromatic hydroxyl groups is 1. The molecule has 1 atom stereocenters. The van der Waals surface area contributed by atoms with Crippen LogP contribution < -0.4 is 0 Å². The van der Waals surface area contributed by atoms with Crippen molar-refractivity contribution in [2.75, 3.05) is 0 Å². The molecule has 0 unspecified atom stereocenters. The van der Waals surface area contributed by atoms with Crippen molar-refractivity contribution in [1.29, 1.82) is 0 Å². The van der Waals surface area contributed by atoms with Crippen LogP contribution in [0.1, 0.15) is 29.8 Å². The van der Waals surface area contributed by atoms with Crippen molar-refractivity contribution in [1.82, 2.24) is 5.01 Å². The van der Waals surface area contributed by atoms with E-state index in [1.807, 2.05) is 53.9 Å². The maximum atomic E-state index is 12.0. The van der Waals surface area contributed by atoms with Gasteiger partial charge in [-0.05, 0) is 22.9 Å². The molecule has 4 rings (SSSR count). The molecule has 120 valence electrons. The van der Waals surface area contributed by atoms with E-state index in [1.165, 1.54) is 11.9 Å². The number of phenolic OH excluding ortho intramolecular Hbond substituents is 1. The summed E-state index contributed by atoms with van der Waals surface area (Å²) in [6, 6.07) is 15.5. The molecular formula is C19H16N2O2S. The molecule has 0 aliphatic carbocycles. The molecule has 2 heterocycles. The molecular weight excluding hydrogens is 320 g/mol. The van der Waals surface area contributed by atoms with Crippen LogP contribution in [0, 0.1) is 0 Å². The quantitative estimate of drug-likeness (QED) is 0.758. The van der Waals surface area contributed by atoms with Gasteiger partial charge >= 0.3 is 0 Å². The zero-order valence-electron chi connectivity index (χ0n) is 13.1. The first kappa shape index (κ1) is 14.9. The first-order chi connectivity index (χ1) is 11.6. The highest BCUT2D eigenvalue weighted by atomic mass is 32.1. The lowest BCUT2D eigenvalue weighted by Crippen LogP contribution is -2.23. The average molecular weight is 336 g/mol. The van der Waals surface area contributed by atoms with Crippen molar-refractivity contribution < 1.29 is 9.90 Å². The van der Waals surface area contributed by atoms with Gasteiger partial charge in [-0.25, -0.2) is 5.01 Å². The molecule has 0 saturated heterocycles. The number of fused-ring (bicyclic) bond motifs is 1. The van der Waals surface area contributed by atoms with Gasteiger partial charge in [0.25, 0.3) is 0 Å². The predicted molar refractivity (Wildman–Crippen MR) is 96.3 cm³/mol. The van der Waals surface area contributed by atoms with Crippen LogP contribution in [0.15, 0.2) is 59.0 Å². The highest BCUT2D eigenvalue weighted by Gasteiger charge is 2.33. The van der Waals surface area contributed by atoms with Gasteiger partial charge in [0.15, 0.2) is 0 Å². The Labute approximate surface area is 143 Å². The molecule has 5 heteroatoms. The van der Waals surface area contributed by atoms with Crippen molar-refractivity contribution in [3.8, 4) is 5.75 Å². The lowest BCUT2D eigenvalue weighted by Gasteiger charge is -2.18. The minimum absolute atomic E-state index is 0.0938. The van der Waals surface area contributed by atoms with Crippen LogP contribution in [0.5, 0.6) is 5.75 Å². The van der Waals surface area contributed by atoms with E-state index < -0.39 is 0 Å².